The van der Waals surface area contributed by atoms with Gasteiger partial charge in [-0.3, -0.25) is 4.79 Å². The highest BCUT2D eigenvalue weighted by Gasteiger charge is 2.50. The highest BCUT2D eigenvalue weighted by atomic mass is 28.4. The van der Waals surface area contributed by atoms with Gasteiger partial charge in [0.2, 0.25) is 0 Å². The molecule has 0 amide bonds. The largest absolute Gasteiger partial charge is 0.545 e. The van der Waals surface area contributed by atoms with Gasteiger partial charge in [0.15, 0.2) is 0 Å². The smallest absolute Gasteiger partial charge is 0.258 e. The summed E-state index contributed by atoms with van der Waals surface area (Å²) in [7, 11) is -2.03. The molecule has 0 heterocycles. The second-order valence-electron chi connectivity index (χ2n) is 8.00. The van der Waals surface area contributed by atoms with E-state index >= 15 is 0 Å². The third kappa shape index (κ3) is 3.23. The van der Waals surface area contributed by atoms with Crippen LogP contribution in [0.3, 0.4) is 0 Å². The minimum atomic E-state index is -2.03. The average Bonchev–Trinajstić information content (AvgIpc) is 2.46. The van der Waals surface area contributed by atoms with Crippen molar-refractivity contribution in [2.45, 2.75) is 71.5 Å². The van der Waals surface area contributed by atoms with Crippen LogP contribution in [0.2, 0.25) is 16.6 Å². The van der Waals surface area contributed by atoms with Crippen LogP contribution in [0.15, 0.2) is 36.1 Å². The van der Waals surface area contributed by atoms with Gasteiger partial charge in [-0.2, -0.15) is 0 Å². The second-order valence-corrected chi connectivity index (χ2v) is 13.4. The first kappa shape index (κ1) is 19.0. The Labute approximate surface area is 148 Å². The van der Waals surface area contributed by atoms with Crippen LogP contribution in [-0.4, -0.2) is 14.1 Å². The number of benzene rings is 1. The van der Waals surface area contributed by atoms with E-state index in [0.717, 1.165) is 12.2 Å². The van der Waals surface area contributed by atoms with Crippen LogP contribution in [0.5, 0.6) is 0 Å². The highest BCUT2D eigenvalue weighted by molar-refractivity contribution is 6.78. The highest BCUT2D eigenvalue weighted by Crippen LogP contribution is 2.50. The maximum absolute atomic E-state index is 12.1. The lowest BCUT2D eigenvalue weighted by Crippen LogP contribution is -2.49. The minimum absolute atomic E-state index is 0.0525. The summed E-state index contributed by atoms with van der Waals surface area (Å²) in [4.78, 5) is 12.1. The van der Waals surface area contributed by atoms with Gasteiger partial charge in [-0.25, -0.2) is 0 Å². The molecule has 0 radical (unpaired) electrons. The molecule has 0 bridgehead atoms. The Morgan fingerprint density at radius 3 is 1.92 bits per heavy atom. The molecular formula is C21H32O2Si. The van der Waals surface area contributed by atoms with Gasteiger partial charge in [-0.1, -0.05) is 71.9 Å². The molecule has 132 valence electrons. The molecule has 0 aromatic heterocycles. The molecule has 24 heavy (non-hydrogen) atoms. The first-order valence-electron chi connectivity index (χ1n) is 9.19. The van der Waals surface area contributed by atoms with Gasteiger partial charge in [0.1, 0.15) is 5.78 Å². The van der Waals surface area contributed by atoms with Gasteiger partial charge < -0.3 is 4.43 Å². The predicted octanol–water partition coefficient (Wildman–Crippen LogP) is 6.20. The molecule has 1 aromatic carbocycles. The summed E-state index contributed by atoms with van der Waals surface area (Å²) >= 11 is 0. The fraction of sp³-hybridized carbons (Fsp3) is 0.571. The maximum Gasteiger partial charge on any atom is 0.258 e. The van der Waals surface area contributed by atoms with Gasteiger partial charge in [0.05, 0.1) is 11.7 Å². The Hall–Kier alpha value is -1.35. The maximum atomic E-state index is 12.1. The van der Waals surface area contributed by atoms with Crippen LogP contribution >= 0.6 is 0 Å². The number of ketones is 1. The van der Waals surface area contributed by atoms with Gasteiger partial charge in [-0.05, 0) is 41.1 Å². The number of hydrogen-bond acceptors (Lipinski definition) is 2. The number of carbonyl (C=O) groups excluding carboxylic acids is 1. The monoisotopic (exact) mass is 344 g/mol. The summed E-state index contributed by atoms with van der Waals surface area (Å²) in [6.45, 7) is 15.4. The number of Topliss-reactive ketones (excluding diaryl/α,β-unsaturated/α-hetero) is 1. The van der Waals surface area contributed by atoms with Crippen LogP contribution in [0.4, 0.5) is 0 Å². The Balaban J connectivity index is 2.49. The quantitative estimate of drug-likeness (QED) is 0.550. The summed E-state index contributed by atoms with van der Waals surface area (Å²) < 4.78 is 6.90. The summed E-state index contributed by atoms with van der Waals surface area (Å²) in [5, 5.41) is 0. The Bertz CT molecular complexity index is 592. The first-order chi connectivity index (χ1) is 11.2. The number of carbonyl (C=O) groups is 1. The molecular weight excluding hydrogens is 312 g/mol. The van der Waals surface area contributed by atoms with Crippen molar-refractivity contribution < 1.29 is 9.22 Å². The van der Waals surface area contributed by atoms with E-state index in [1.54, 1.807) is 6.92 Å². The number of hydrogen-bond donors (Lipinski definition) is 0. The molecule has 0 fully saturated rings. The van der Waals surface area contributed by atoms with E-state index in [-0.39, 0.29) is 11.7 Å². The van der Waals surface area contributed by atoms with Crippen molar-refractivity contribution in [3.05, 3.63) is 41.7 Å². The minimum Gasteiger partial charge on any atom is -0.545 e. The summed E-state index contributed by atoms with van der Waals surface area (Å²) in [5.41, 5.74) is 3.96. The van der Waals surface area contributed by atoms with Crippen LogP contribution < -0.4 is 0 Å². The standard InChI is InChI=1S/C21H32O2Si/c1-14(2)24(15(3)4,16(5)6)23-21-19(17(7)22)13-20(21)18-11-9-8-10-12-18/h8-12,14-16,19H,13H2,1-7H3. The van der Waals surface area contributed by atoms with Gasteiger partial charge in [-0.15, -0.1) is 0 Å². The predicted molar refractivity (Wildman–Crippen MR) is 104 cm³/mol. The van der Waals surface area contributed by atoms with E-state index in [4.69, 9.17) is 4.43 Å². The molecule has 0 saturated heterocycles. The molecule has 0 N–H and O–H groups in total. The third-order valence-corrected chi connectivity index (χ3v) is 11.6. The Morgan fingerprint density at radius 2 is 1.50 bits per heavy atom. The molecule has 2 rings (SSSR count). The molecule has 1 aromatic rings. The molecule has 1 atom stereocenters. The lowest BCUT2D eigenvalue weighted by molar-refractivity contribution is -0.120. The fourth-order valence-electron chi connectivity index (χ4n) is 4.38. The molecule has 0 spiro atoms. The SMILES string of the molecule is CC(=O)C1CC(c2ccccc2)=C1O[Si](C(C)C)(C(C)C)C(C)C. The molecule has 1 aliphatic rings. The molecule has 3 heteroatoms. The van der Waals surface area contributed by atoms with Crippen LogP contribution in [0.25, 0.3) is 5.57 Å². The van der Waals surface area contributed by atoms with E-state index in [1.165, 1.54) is 11.1 Å². The molecule has 2 nitrogen and oxygen atoms in total. The Morgan fingerprint density at radius 1 is 1.00 bits per heavy atom. The summed E-state index contributed by atoms with van der Waals surface area (Å²) in [6.07, 6.45) is 0.813. The average molecular weight is 345 g/mol. The lowest BCUT2D eigenvalue weighted by atomic mass is 9.78. The molecule has 0 aliphatic heterocycles. The van der Waals surface area contributed by atoms with Crippen LogP contribution in [0.1, 0.15) is 60.5 Å². The van der Waals surface area contributed by atoms with Gasteiger partial charge >= 0.3 is 0 Å². The van der Waals surface area contributed by atoms with Gasteiger partial charge in [0, 0.05) is 0 Å². The molecule has 0 saturated carbocycles. The zero-order valence-electron chi connectivity index (χ0n) is 16.2. The second kappa shape index (κ2) is 7.26. The summed E-state index contributed by atoms with van der Waals surface area (Å²) in [5.74, 6) is 1.14. The van der Waals surface area contributed by atoms with E-state index in [0.29, 0.717) is 16.6 Å². The van der Waals surface area contributed by atoms with Crippen molar-refractivity contribution in [2.75, 3.05) is 0 Å². The number of rotatable bonds is 7. The van der Waals surface area contributed by atoms with Crippen molar-refractivity contribution in [2.24, 2.45) is 5.92 Å². The van der Waals surface area contributed by atoms with E-state index in [1.807, 2.05) is 6.07 Å². The zero-order valence-corrected chi connectivity index (χ0v) is 17.2. The summed E-state index contributed by atoms with van der Waals surface area (Å²) in [6, 6.07) is 10.4. The van der Waals surface area contributed by atoms with Gasteiger partial charge in [0.25, 0.3) is 8.32 Å². The van der Waals surface area contributed by atoms with Crippen LogP contribution in [-0.2, 0) is 9.22 Å². The van der Waals surface area contributed by atoms with E-state index in [9.17, 15) is 4.79 Å². The van der Waals surface area contributed by atoms with Crippen molar-refractivity contribution in [3.8, 4) is 0 Å². The van der Waals surface area contributed by atoms with Crippen molar-refractivity contribution >= 4 is 19.7 Å². The van der Waals surface area contributed by atoms with Crippen molar-refractivity contribution in [1.29, 1.82) is 0 Å². The Kier molecular flexibility index (Phi) is 5.74. The fourth-order valence-corrected chi connectivity index (χ4v) is 9.73. The molecule has 1 aliphatic carbocycles. The topological polar surface area (TPSA) is 26.3 Å². The van der Waals surface area contributed by atoms with E-state index < -0.39 is 8.32 Å². The zero-order chi connectivity index (χ0) is 18.1. The van der Waals surface area contributed by atoms with Crippen molar-refractivity contribution in [1.82, 2.24) is 0 Å². The lowest BCUT2D eigenvalue weighted by Gasteiger charge is -2.47. The normalized spacial score (nSPS) is 18.3. The van der Waals surface area contributed by atoms with Crippen LogP contribution in [0, 0.1) is 5.92 Å². The first-order valence-corrected chi connectivity index (χ1v) is 11.3. The van der Waals surface area contributed by atoms with E-state index in [2.05, 4.69) is 65.8 Å². The molecule has 1 unspecified atom stereocenters. The third-order valence-electron chi connectivity index (χ3n) is 5.63. The van der Waals surface area contributed by atoms with Crippen molar-refractivity contribution in [3.63, 3.8) is 0 Å². The number of allylic oxidation sites excluding steroid dienone is 2.